The third kappa shape index (κ3) is 8.18. The number of hydrogen-bond donors (Lipinski definition) is 0. The molecular formula is C85H74N2O2. The smallest absolute Gasteiger partial charge is 0.145 e. The van der Waals surface area contributed by atoms with Crippen LogP contribution in [0.3, 0.4) is 0 Å². The maximum atomic E-state index is 7.47. The molecule has 2 aliphatic rings. The lowest BCUT2D eigenvalue weighted by Crippen LogP contribution is -2.26. The van der Waals surface area contributed by atoms with Crippen LogP contribution in [0.4, 0.5) is 34.1 Å². The van der Waals surface area contributed by atoms with E-state index in [4.69, 9.17) is 8.83 Å². The number of anilines is 6. The van der Waals surface area contributed by atoms with E-state index in [1.165, 1.54) is 66.8 Å². The molecular weight excluding hydrogens is 1080 g/mol. The number of rotatable bonds is 6. The normalized spacial score (nSPS) is 13.7. The second kappa shape index (κ2) is 19.2. The van der Waals surface area contributed by atoms with Gasteiger partial charge < -0.3 is 18.6 Å². The Morgan fingerprint density at radius 3 is 1.18 bits per heavy atom. The molecule has 0 fully saturated rings. The van der Waals surface area contributed by atoms with Crippen molar-refractivity contribution in [3.8, 4) is 22.3 Å². The quantitative estimate of drug-likeness (QED) is 0.166. The summed E-state index contributed by atoms with van der Waals surface area (Å²) in [6.45, 7) is 27.5. The van der Waals surface area contributed by atoms with E-state index in [1.54, 1.807) is 0 Å². The second-order valence-electron chi connectivity index (χ2n) is 29.3. The Bertz CT molecular complexity index is 5040. The van der Waals surface area contributed by atoms with Crippen molar-refractivity contribution in [3.05, 3.63) is 275 Å². The highest BCUT2D eigenvalue weighted by Gasteiger charge is 2.54. The van der Waals surface area contributed by atoms with E-state index in [1.807, 2.05) is 0 Å². The third-order valence-electron chi connectivity index (χ3n) is 19.7. The molecule has 12 aromatic carbocycles. The summed E-state index contributed by atoms with van der Waals surface area (Å²) in [4.78, 5) is 4.95. The van der Waals surface area contributed by atoms with Crippen LogP contribution >= 0.6 is 0 Å². The van der Waals surface area contributed by atoms with E-state index in [9.17, 15) is 0 Å². The topological polar surface area (TPSA) is 32.8 Å². The molecule has 0 saturated carbocycles. The van der Waals surface area contributed by atoms with E-state index in [0.29, 0.717) is 0 Å². The Hall–Kier alpha value is -9.64. The molecule has 2 heterocycles. The number of para-hydroxylation sites is 2. The first-order valence-electron chi connectivity index (χ1n) is 31.7. The largest absolute Gasteiger partial charge is 0.455 e. The maximum absolute atomic E-state index is 7.47. The number of hydrogen-bond acceptors (Lipinski definition) is 4. The fourth-order valence-electron chi connectivity index (χ4n) is 15.1. The van der Waals surface area contributed by atoms with Gasteiger partial charge >= 0.3 is 0 Å². The first-order valence-corrected chi connectivity index (χ1v) is 31.7. The van der Waals surface area contributed by atoms with Crippen molar-refractivity contribution in [2.45, 2.75) is 110 Å². The Labute approximate surface area is 522 Å². The molecule has 0 bridgehead atoms. The van der Waals surface area contributed by atoms with Gasteiger partial charge in [-0.25, -0.2) is 0 Å². The average molecular weight is 1160 g/mol. The van der Waals surface area contributed by atoms with Crippen molar-refractivity contribution >= 4 is 99.5 Å². The van der Waals surface area contributed by atoms with E-state index in [2.05, 4.69) is 323 Å². The molecule has 4 nitrogen and oxygen atoms in total. The average Bonchev–Trinajstić information content (AvgIpc) is 1.49. The predicted molar refractivity (Wildman–Crippen MR) is 376 cm³/mol. The molecule has 0 aliphatic heterocycles. The molecule has 0 unspecified atom stereocenters. The fraction of sp³-hybridized carbons (Fsp3) is 0.200. The number of nitrogens with zero attached hydrogens (tertiary/aromatic N) is 2. The molecule has 14 aromatic rings. The molecule has 0 radical (unpaired) electrons. The van der Waals surface area contributed by atoms with Gasteiger partial charge in [-0.2, -0.15) is 0 Å². The molecule has 0 saturated heterocycles. The highest BCUT2D eigenvalue weighted by molar-refractivity contribution is 6.31. The molecule has 2 aliphatic carbocycles. The van der Waals surface area contributed by atoms with Gasteiger partial charge in [0.25, 0.3) is 0 Å². The predicted octanol–water partition coefficient (Wildman–Crippen LogP) is 24.3. The molecule has 0 atom stereocenters. The van der Waals surface area contributed by atoms with Crippen molar-refractivity contribution in [1.82, 2.24) is 0 Å². The minimum Gasteiger partial charge on any atom is -0.455 e. The zero-order valence-electron chi connectivity index (χ0n) is 53.2. The van der Waals surface area contributed by atoms with Crippen molar-refractivity contribution in [1.29, 1.82) is 0 Å². The van der Waals surface area contributed by atoms with Crippen LogP contribution in [0.15, 0.2) is 239 Å². The van der Waals surface area contributed by atoms with Gasteiger partial charge in [0.1, 0.15) is 22.3 Å². The summed E-state index contributed by atoms with van der Waals surface area (Å²) in [7, 11) is 0. The summed E-state index contributed by atoms with van der Waals surface area (Å²) >= 11 is 0. The Morgan fingerprint density at radius 1 is 0.292 bits per heavy atom. The molecule has 16 rings (SSSR count). The van der Waals surface area contributed by atoms with E-state index >= 15 is 0 Å². The molecule has 1 spiro atoms. The van der Waals surface area contributed by atoms with Crippen LogP contribution in [0.25, 0.3) is 87.7 Å². The molecule has 436 valence electrons. The molecule has 89 heavy (non-hydrogen) atoms. The second-order valence-corrected chi connectivity index (χ2v) is 29.3. The molecule has 0 amide bonds. The van der Waals surface area contributed by atoms with Crippen LogP contribution in [0.2, 0.25) is 0 Å². The first kappa shape index (κ1) is 54.7. The maximum Gasteiger partial charge on any atom is 0.145 e. The van der Waals surface area contributed by atoms with Gasteiger partial charge in [0.2, 0.25) is 0 Å². The summed E-state index contributed by atoms with van der Waals surface area (Å²) in [5.41, 5.74) is 24.0. The van der Waals surface area contributed by atoms with E-state index in [0.717, 1.165) is 99.5 Å². The Morgan fingerprint density at radius 2 is 0.685 bits per heavy atom. The van der Waals surface area contributed by atoms with Crippen LogP contribution in [0.5, 0.6) is 0 Å². The number of furan rings is 2. The van der Waals surface area contributed by atoms with Gasteiger partial charge in [0, 0.05) is 60.8 Å². The lowest BCUT2D eigenvalue weighted by atomic mass is 9.69. The van der Waals surface area contributed by atoms with Crippen molar-refractivity contribution in [2.24, 2.45) is 0 Å². The minimum absolute atomic E-state index is 0.00318. The van der Waals surface area contributed by atoms with Gasteiger partial charge in [-0.1, -0.05) is 229 Å². The lowest BCUT2D eigenvalue weighted by Gasteiger charge is -2.34. The van der Waals surface area contributed by atoms with E-state index < -0.39 is 5.41 Å². The van der Waals surface area contributed by atoms with Crippen LogP contribution < -0.4 is 9.80 Å². The van der Waals surface area contributed by atoms with Gasteiger partial charge in [0.15, 0.2) is 0 Å². The van der Waals surface area contributed by atoms with Gasteiger partial charge in [-0.15, -0.1) is 0 Å². The molecule has 2 aromatic heterocycles. The Balaban J connectivity index is 1.08. The summed E-state index contributed by atoms with van der Waals surface area (Å²) in [6, 6.07) is 87.2. The highest BCUT2D eigenvalue weighted by atomic mass is 16.3. The molecule has 4 heteroatoms. The fourth-order valence-corrected chi connectivity index (χ4v) is 15.1. The van der Waals surface area contributed by atoms with Gasteiger partial charge in [0.05, 0.1) is 11.1 Å². The van der Waals surface area contributed by atoms with Crippen LogP contribution in [-0.4, -0.2) is 0 Å². The van der Waals surface area contributed by atoms with Crippen LogP contribution in [0.1, 0.15) is 128 Å². The molecule has 0 N–H and O–H groups in total. The van der Waals surface area contributed by atoms with Crippen LogP contribution in [-0.2, 0) is 27.1 Å². The van der Waals surface area contributed by atoms with Gasteiger partial charge in [-0.3, -0.25) is 0 Å². The standard InChI is InChI=1S/C85H74N2O2/c1-81(2,3)51-29-37-55(38-30-51)86(56-39-31-52(32-40-56)82(4,5)6)59-45-46-63-67(49-59)80-76(65-24-16-20-28-73(65)89-80)77-74-66-48-47-64-62-23-15-19-27-72(62)88-79(64)75(66)71(50-70(74)85(78(63)77)68-25-17-13-21-60(68)61-22-14-18-26-69(61)85)87(57-41-33-53(34-42-57)83(7,8)9)58-43-35-54(36-44-58)84(10,11)12/h13-50H,1-12H3. The SMILES string of the molecule is CC(C)(C)c1ccc(N(c2ccc(C(C)(C)C)cc2)c2ccc3c4c(c5c6ccccc6oc5c3c2)-c2c(cc(N(c3ccc(C(C)(C)C)cc3)c3ccc(C(C)(C)C)cc3)c3c2ccc2c5ccccc5oc23)C42c3ccccc3-c3ccccc32)cc1. The highest BCUT2D eigenvalue weighted by Crippen LogP contribution is 2.68. The Kier molecular flexibility index (Phi) is 11.8. The number of fused-ring (bicyclic) bond motifs is 23. The first-order chi connectivity index (χ1) is 42.7. The number of benzene rings is 12. The lowest BCUT2D eigenvalue weighted by molar-refractivity contribution is 0.590. The summed E-state index contributed by atoms with van der Waals surface area (Å²) < 4.78 is 14.8. The monoisotopic (exact) mass is 1150 g/mol. The summed E-state index contributed by atoms with van der Waals surface area (Å²) in [5.74, 6) is 0. The van der Waals surface area contributed by atoms with Crippen LogP contribution in [0, 0.1) is 0 Å². The summed E-state index contributed by atoms with van der Waals surface area (Å²) in [6.07, 6.45) is 0. The van der Waals surface area contributed by atoms with Crippen molar-refractivity contribution in [2.75, 3.05) is 9.80 Å². The third-order valence-corrected chi connectivity index (χ3v) is 19.7. The van der Waals surface area contributed by atoms with Crippen molar-refractivity contribution < 1.29 is 8.83 Å². The zero-order valence-corrected chi connectivity index (χ0v) is 53.2. The zero-order chi connectivity index (χ0) is 61.3. The summed E-state index contributed by atoms with van der Waals surface area (Å²) in [5, 5.41) is 8.77. The van der Waals surface area contributed by atoms with E-state index in [-0.39, 0.29) is 21.7 Å². The minimum atomic E-state index is -0.806. The van der Waals surface area contributed by atoms with Gasteiger partial charge in [-0.05, 0) is 184 Å². The van der Waals surface area contributed by atoms with Crippen molar-refractivity contribution in [3.63, 3.8) is 0 Å².